The van der Waals surface area contributed by atoms with Crippen LogP contribution in [0.5, 0.6) is 0 Å². The zero-order valence-corrected chi connectivity index (χ0v) is 24.1. The molecule has 38 heavy (non-hydrogen) atoms. The lowest BCUT2D eigenvalue weighted by Gasteiger charge is -2.16. The maximum absolute atomic E-state index is 13.0. The van der Waals surface area contributed by atoms with Crippen LogP contribution in [-0.4, -0.2) is 35.5 Å². The maximum Gasteiger partial charge on any atom is 0.275 e. The van der Waals surface area contributed by atoms with Crippen molar-refractivity contribution in [3.8, 4) is 0 Å². The van der Waals surface area contributed by atoms with Crippen molar-refractivity contribution < 1.29 is 9.18 Å². The summed E-state index contributed by atoms with van der Waals surface area (Å²) in [4.78, 5) is 26.7. The van der Waals surface area contributed by atoms with Gasteiger partial charge >= 0.3 is 0 Å². The molecule has 1 aromatic rings. The second kappa shape index (κ2) is 17.6. The Bertz CT molecular complexity index is 1130. The number of carbonyl (C=O) groups excluding carboxylic acids is 1. The minimum atomic E-state index is -0.216. The fraction of sp³-hybridized carbons (Fsp3) is 0.562. The number of aromatic nitrogens is 1. The van der Waals surface area contributed by atoms with Gasteiger partial charge < -0.3 is 5.32 Å². The highest BCUT2D eigenvalue weighted by Gasteiger charge is 2.22. The molecule has 1 aliphatic rings. The Morgan fingerprint density at radius 1 is 1.13 bits per heavy atom. The Morgan fingerprint density at radius 2 is 1.89 bits per heavy atom. The monoisotopic (exact) mass is 522 g/mol. The fourth-order valence-electron chi connectivity index (χ4n) is 4.56. The van der Waals surface area contributed by atoms with Gasteiger partial charge in [-0.3, -0.25) is 19.2 Å². The summed E-state index contributed by atoms with van der Waals surface area (Å²) in [7, 11) is 0. The number of hydrogen-bond donors (Lipinski definition) is 1. The summed E-state index contributed by atoms with van der Waals surface area (Å²) in [6.07, 6.45) is 21.6. The van der Waals surface area contributed by atoms with Crippen LogP contribution in [-0.2, 0) is 4.79 Å². The lowest BCUT2D eigenvalue weighted by Crippen LogP contribution is -2.27. The molecule has 1 aromatic heterocycles. The van der Waals surface area contributed by atoms with Gasteiger partial charge in [0.1, 0.15) is 11.5 Å². The second-order valence-corrected chi connectivity index (χ2v) is 10.2. The van der Waals surface area contributed by atoms with Gasteiger partial charge in [-0.05, 0) is 87.4 Å². The average Bonchev–Trinajstić information content (AvgIpc) is 3.40. The molecule has 1 unspecified atom stereocenters. The Balaban J connectivity index is 2.07. The van der Waals surface area contributed by atoms with E-state index in [1.165, 1.54) is 0 Å². The second-order valence-electron chi connectivity index (χ2n) is 10.2. The molecular weight excluding hydrogens is 475 g/mol. The van der Waals surface area contributed by atoms with E-state index in [1.807, 2.05) is 38.3 Å². The Morgan fingerprint density at radius 3 is 2.58 bits per heavy atom. The molecule has 2 rings (SSSR count). The van der Waals surface area contributed by atoms with E-state index in [9.17, 15) is 9.18 Å². The number of nitrogens with one attached hydrogen (secondary N) is 1. The summed E-state index contributed by atoms with van der Waals surface area (Å²) in [5, 5.41) is 4.99. The number of pyridine rings is 1. The van der Waals surface area contributed by atoms with Crippen LogP contribution in [0.2, 0.25) is 0 Å². The van der Waals surface area contributed by atoms with Gasteiger partial charge in [0, 0.05) is 30.6 Å². The van der Waals surface area contributed by atoms with Gasteiger partial charge in [0.05, 0.1) is 6.67 Å². The summed E-state index contributed by atoms with van der Waals surface area (Å²) in [6.45, 7) is 10.1. The first-order valence-corrected chi connectivity index (χ1v) is 14.4. The predicted molar refractivity (Wildman–Crippen MR) is 161 cm³/mol. The molecule has 0 bridgehead atoms. The molecule has 1 N–H and O–H groups in total. The van der Waals surface area contributed by atoms with Crippen LogP contribution >= 0.6 is 0 Å². The summed E-state index contributed by atoms with van der Waals surface area (Å²) >= 11 is 0. The van der Waals surface area contributed by atoms with Crippen molar-refractivity contribution >= 4 is 35.8 Å². The van der Waals surface area contributed by atoms with E-state index in [2.05, 4.69) is 48.2 Å². The van der Waals surface area contributed by atoms with Crippen LogP contribution in [0.3, 0.4) is 0 Å². The van der Waals surface area contributed by atoms with E-state index in [0.29, 0.717) is 23.9 Å². The average molecular weight is 523 g/mol. The first-order valence-electron chi connectivity index (χ1n) is 14.4. The van der Waals surface area contributed by atoms with Gasteiger partial charge in [-0.1, -0.05) is 57.3 Å². The molecule has 208 valence electrons. The topological polar surface area (TPSA) is 66.7 Å². The minimum absolute atomic E-state index is 0.215. The van der Waals surface area contributed by atoms with Crippen LogP contribution in [0.4, 0.5) is 10.2 Å². The van der Waals surface area contributed by atoms with Crippen molar-refractivity contribution in [3.63, 3.8) is 0 Å². The third-order valence-electron chi connectivity index (χ3n) is 6.78. The number of hydrogen-bond acceptors (Lipinski definition) is 4. The normalized spacial score (nSPS) is 15.9. The molecule has 0 fully saturated rings. The van der Waals surface area contributed by atoms with Gasteiger partial charge in [-0.2, -0.15) is 0 Å². The SMILES string of the molecule is C/C=C(\C=NC(C)C)C/C=c1/cc(NC(=O)C2=CCC(C(CCC)CCCCCCCF)=N2)nc/c1=C/C. The molecule has 2 heterocycles. The molecule has 0 saturated carbocycles. The molecule has 1 atom stereocenters. The van der Waals surface area contributed by atoms with Gasteiger partial charge in [0.15, 0.2) is 0 Å². The molecule has 1 amide bonds. The van der Waals surface area contributed by atoms with Crippen molar-refractivity contribution in [2.75, 3.05) is 12.0 Å². The number of rotatable bonds is 16. The molecule has 0 aliphatic carbocycles. The third-order valence-corrected chi connectivity index (χ3v) is 6.78. The molecule has 6 heteroatoms. The third kappa shape index (κ3) is 10.8. The standard InChI is InChI=1S/C32H47FN4O/c1-6-14-27(15-12-10-9-11-13-20-33)29-18-19-30(36-29)32(38)37-31-21-28(26(8-3)23-35-31)17-16-25(7-2)22-34-24(4)5/h7-8,17,19,21-24,27H,6,9-16,18,20H2,1-5H3,(H,37,38)/b25-7-,26-8-,28-17-,34-22?. The summed E-state index contributed by atoms with van der Waals surface area (Å²) < 4.78 is 12.3. The van der Waals surface area contributed by atoms with Crippen molar-refractivity contribution in [2.45, 2.75) is 105 Å². The number of anilines is 1. The Labute approximate surface area is 228 Å². The highest BCUT2D eigenvalue weighted by molar-refractivity contribution is 6.07. The number of halogens is 1. The van der Waals surface area contributed by atoms with Gasteiger partial charge in [0.25, 0.3) is 5.91 Å². The molecule has 0 radical (unpaired) electrons. The smallest absolute Gasteiger partial charge is 0.275 e. The van der Waals surface area contributed by atoms with Gasteiger partial charge in [0.2, 0.25) is 0 Å². The van der Waals surface area contributed by atoms with E-state index in [1.54, 1.807) is 6.20 Å². The number of allylic oxidation sites excluding steroid dienone is 3. The van der Waals surface area contributed by atoms with Gasteiger partial charge in [-0.15, -0.1) is 0 Å². The van der Waals surface area contributed by atoms with Crippen molar-refractivity contribution in [1.29, 1.82) is 0 Å². The number of carbonyl (C=O) groups is 1. The number of aliphatic imine (C=N–C) groups is 2. The molecule has 0 aromatic carbocycles. The fourth-order valence-corrected chi connectivity index (χ4v) is 4.56. The lowest BCUT2D eigenvalue weighted by molar-refractivity contribution is -0.112. The number of amides is 1. The molecule has 0 spiro atoms. The van der Waals surface area contributed by atoms with Crippen LogP contribution in [0, 0.1) is 5.92 Å². The van der Waals surface area contributed by atoms with Crippen molar-refractivity contribution in [2.24, 2.45) is 15.9 Å². The molecule has 1 aliphatic heterocycles. The Kier molecular flexibility index (Phi) is 14.5. The van der Waals surface area contributed by atoms with E-state index < -0.39 is 0 Å². The Hall–Kier alpha value is -2.89. The summed E-state index contributed by atoms with van der Waals surface area (Å²) in [5.74, 6) is 0.709. The molecule has 0 saturated heterocycles. The van der Waals surface area contributed by atoms with E-state index in [0.717, 1.165) is 79.5 Å². The maximum atomic E-state index is 13.0. The number of alkyl halides is 1. The predicted octanol–water partition coefficient (Wildman–Crippen LogP) is 6.87. The van der Waals surface area contributed by atoms with Crippen LogP contribution < -0.4 is 15.8 Å². The highest BCUT2D eigenvalue weighted by atomic mass is 19.1. The summed E-state index contributed by atoms with van der Waals surface area (Å²) in [5.41, 5.74) is 2.73. The van der Waals surface area contributed by atoms with Crippen molar-refractivity contribution in [3.05, 3.63) is 46.1 Å². The van der Waals surface area contributed by atoms with Crippen LogP contribution in [0.1, 0.15) is 98.8 Å². The quantitative estimate of drug-likeness (QED) is 0.190. The van der Waals surface area contributed by atoms with Gasteiger partial charge in [-0.25, -0.2) is 4.98 Å². The molecular formula is C32H47FN4O. The largest absolute Gasteiger partial charge is 0.305 e. The van der Waals surface area contributed by atoms with Crippen LogP contribution in [0.15, 0.2) is 45.7 Å². The lowest BCUT2D eigenvalue weighted by atomic mass is 9.90. The number of unbranched alkanes of at least 4 members (excludes halogenated alkanes) is 4. The van der Waals surface area contributed by atoms with Crippen LogP contribution in [0.25, 0.3) is 12.2 Å². The molecule has 5 nitrogen and oxygen atoms in total. The first kappa shape index (κ1) is 31.3. The van der Waals surface area contributed by atoms with E-state index in [-0.39, 0.29) is 18.6 Å². The van der Waals surface area contributed by atoms with Crippen molar-refractivity contribution in [1.82, 2.24) is 4.98 Å². The minimum Gasteiger partial charge on any atom is -0.305 e. The van der Waals surface area contributed by atoms with E-state index in [4.69, 9.17) is 4.99 Å². The zero-order chi connectivity index (χ0) is 27.8. The first-order chi connectivity index (χ1) is 18.4. The zero-order valence-electron chi connectivity index (χ0n) is 24.1. The van der Waals surface area contributed by atoms with E-state index >= 15 is 0 Å². The highest BCUT2D eigenvalue weighted by Crippen LogP contribution is 2.25. The summed E-state index contributed by atoms with van der Waals surface area (Å²) in [6, 6.07) is 2.18. The number of nitrogens with zero attached hydrogens (tertiary/aromatic N) is 3.